The lowest BCUT2D eigenvalue weighted by Gasteiger charge is -2.33. The third kappa shape index (κ3) is 8.05. The summed E-state index contributed by atoms with van der Waals surface area (Å²) in [6, 6.07) is 14.1. The van der Waals surface area contributed by atoms with Gasteiger partial charge in [0, 0.05) is 5.41 Å². The first-order valence-electron chi connectivity index (χ1n) is 19.2. The Morgan fingerprint density at radius 3 is 1.12 bits per heavy atom. The molecule has 2 saturated heterocycles. The van der Waals surface area contributed by atoms with Gasteiger partial charge in [0.05, 0.1) is 22.4 Å². The molecule has 1 aliphatic carbocycles. The fourth-order valence-corrected chi connectivity index (χ4v) is 7.86. The monoisotopic (exact) mass is 673 g/mol. The summed E-state index contributed by atoms with van der Waals surface area (Å²) in [6.45, 7) is 19.4. The van der Waals surface area contributed by atoms with E-state index < -0.39 is 0 Å². The number of fused-ring (bicyclic) bond motifs is 3. The first kappa shape index (κ1) is 38.6. The summed E-state index contributed by atoms with van der Waals surface area (Å²) in [5, 5.41) is 0. The van der Waals surface area contributed by atoms with E-state index in [0.717, 1.165) is 36.9 Å². The van der Waals surface area contributed by atoms with Crippen molar-refractivity contribution in [2.45, 2.75) is 147 Å². The highest BCUT2D eigenvalue weighted by Crippen LogP contribution is 2.54. The van der Waals surface area contributed by atoms with Crippen LogP contribution in [0.1, 0.15) is 131 Å². The zero-order valence-electron chi connectivity index (χ0n) is 33.1. The minimum atomic E-state index is -0.381. The van der Waals surface area contributed by atoms with Gasteiger partial charge in [0.1, 0.15) is 0 Å². The van der Waals surface area contributed by atoms with Crippen molar-refractivity contribution in [3.8, 4) is 11.1 Å². The fraction of sp³-hybridized carbons (Fsp3) is 0.707. The van der Waals surface area contributed by atoms with Gasteiger partial charge in [0.25, 0.3) is 0 Å². The van der Waals surface area contributed by atoms with Crippen molar-refractivity contribution < 1.29 is 18.6 Å². The molecule has 2 aromatic carbocycles. The van der Waals surface area contributed by atoms with Crippen LogP contribution in [0, 0.1) is 0 Å². The second-order valence-electron chi connectivity index (χ2n) is 17.8. The minimum absolute atomic E-state index is 0.0902. The molecule has 0 radical (unpaired) electrons. The summed E-state index contributed by atoms with van der Waals surface area (Å²) >= 11 is 0. The van der Waals surface area contributed by atoms with Crippen molar-refractivity contribution in [2.75, 3.05) is 41.3 Å². The van der Waals surface area contributed by atoms with Crippen molar-refractivity contribution in [1.29, 1.82) is 0 Å². The summed E-state index contributed by atoms with van der Waals surface area (Å²) < 4.78 is 26.4. The summed E-state index contributed by atoms with van der Waals surface area (Å²) in [7, 11) is 7.94. The molecule has 2 aromatic rings. The average Bonchev–Trinajstić information content (AvgIpc) is 3.50. The van der Waals surface area contributed by atoms with Crippen LogP contribution in [0.2, 0.25) is 0 Å². The lowest BCUT2D eigenvalue weighted by Crippen LogP contribution is -2.41. The average molecular weight is 673 g/mol. The Morgan fingerprint density at radius 1 is 0.469 bits per heavy atom. The number of unbranched alkanes of at least 4 members (excludes halogenated alkanes) is 6. The second-order valence-corrected chi connectivity index (χ2v) is 17.8. The van der Waals surface area contributed by atoms with E-state index in [0.29, 0.717) is 0 Å². The van der Waals surface area contributed by atoms with Gasteiger partial charge >= 0.3 is 14.2 Å². The van der Waals surface area contributed by atoms with E-state index in [1.54, 1.807) is 0 Å². The highest BCUT2D eigenvalue weighted by molar-refractivity contribution is 6.62. The Hall–Kier alpha value is -1.67. The summed E-state index contributed by atoms with van der Waals surface area (Å²) in [6.07, 6.45) is 12.2. The molecule has 0 unspecified atom stereocenters. The Balaban J connectivity index is 1.53. The molecule has 0 bridgehead atoms. The molecule has 3 aliphatic rings. The Labute approximate surface area is 300 Å². The predicted octanol–water partition coefficient (Wildman–Crippen LogP) is 7.58. The van der Waals surface area contributed by atoms with Gasteiger partial charge in [-0.3, -0.25) is 0 Å². The molecular weight excluding hydrogens is 606 g/mol. The molecule has 49 heavy (non-hydrogen) atoms. The Bertz CT molecular complexity index is 1300. The van der Waals surface area contributed by atoms with Crippen LogP contribution in [0.3, 0.4) is 0 Å². The quantitative estimate of drug-likeness (QED) is 0.135. The molecule has 2 fully saturated rings. The minimum Gasteiger partial charge on any atom is -0.399 e. The van der Waals surface area contributed by atoms with E-state index in [1.807, 2.05) is 0 Å². The van der Waals surface area contributed by atoms with Crippen molar-refractivity contribution in [1.82, 2.24) is 9.80 Å². The maximum atomic E-state index is 6.61. The lowest BCUT2D eigenvalue weighted by atomic mass is 9.67. The molecule has 0 spiro atoms. The van der Waals surface area contributed by atoms with Crippen molar-refractivity contribution in [3.63, 3.8) is 0 Å². The molecule has 0 saturated carbocycles. The summed E-state index contributed by atoms with van der Waals surface area (Å²) in [5.74, 6) is 0. The Morgan fingerprint density at radius 2 is 0.796 bits per heavy atom. The molecule has 0 aromatic heterocycles. The van der Waals surface area contributed by atoms with Gasteiger partial charge in [-0.15, -0.1) is 0 Å². The maximum absolute atomic E-state index is 6.61. The summed E-state index contributed by atoms with van der Waals surface area (Å²) in [5.41, 5.74) is 6.24. The fourth-order valence-electron chi connectivity index (χ4n) is 7.86. The number of nitrogens with zero attached hydrogens (tertiary/aromatic N) is 2. The number of hydrogen-bond donors (Lipinski definition) is 0. The lowest BCUT2D eigenvalue weighted by molar-refractivity contribution is 0.00578. The molecular formula is C41H66B2N2O4. The van der Waals surface area contributed by atoms with Gasteiger partial charge in [-0.25, -0.2) is 0 Å². The number of hydrogen-bond acceptors (Lipinski definition) is 6. The van der Waals surface area contributed by atoms with Crippen LogP contribution in [-0.4, -0.2) is 87.7 Å². The van der Waals surface area contributed by atoms with Crippen LogP contribution in [0.5, 0.6) is 0 Å². The molecule has 6 nitrogen and oxygen atoms in total. The van der Waals surface area contributed by atoms with Crippen molar-refractivity contribution >= 4 is 25.2 Å². The largest absolute Gasteiger partial charge is 0.494 e. The highest BCUT2D eigenvalue weighted by Gasteiger charge is 2.54. The van der Waals surface area contributed by atoms with Crippen LogP contribution >= 0.6 is 0 Å². The van der Waals surface area contributed by atoms with Crippen LogP contribution < -0.4 is 10.9 Å². The topological polar surface area (TPSA) is 43.4 Å². The number of benzene rings is 2. The SMILES string of the molecule is CN(C)CCCCCCC1(CCCCCCN(C)C)c2cc(B3OC(C)(C)C(C)(C)O3)ccc2-c2ccc(B3OC(C)(C)C(C)(C)O3)cc21. The van der Waals surface area contributed by atoms with E-state index in [4.69, 9.17) is 18.6 Å². The first-order valence-corrected chi connectivity index (χ1v) is 19.2. The van der Waals surface area contributed by atoms with Crippen LogP contribution in [0.4, 0.5) is 0 Å². The Kier molecular flexibility index (Phi) is 11.6. The van der Waals surface area contributed by atoms with Gasteiger partial charge in [-0.05, 0) is 156 Å². The third-order valence-corrected chi connectivity index (χ3v) is 12.4. The van der Waals surface area contributed by atoms with Gasteiger partial charge in [-0.1, -0.05) is 74.9 Å². The smallest absolute Gasteiger partial charge is 0.399 e. The predicted molar refractivity (Wildman–Crippen MR) is 207 cm³/mol. The number of rotatable bonds is 16. The molecule has 0 atom stereocenters. The van der Waals surface area contributed by atoms with E-state index in [-0.39, 0.29) is 42.1 Å². The second kappa shape index (κ2) is 14.8. The van der Waals surface area contributed by atoms with Gasteiger partial charge < -0.3 is 28.4 Å². The molecule has 0 N–H and O–H groups in total. The van der Waals surface area contributed by atoms with Crippen molar-refractivity contribution in [3.05, 3.63) is 47.5 Å². The van der Waals surface area contributed by atoms with Crippen LogP contribution in [0.15, 0.2) is 36.4 Å². The normalized spacial score (nSPS) is 21.2. The molecule has 8 heteroatoms. The molecule has 0 amide bonds. The van der Waals surface area contributed by atoms with Gasteiger partial charge in [-0.2, -0.15) is 0 Å². The zero-order valence-corrected chi connectivity index (χ0v) is 33.1. The van der Waals surface area contributed by atoms with Gasteiger partial charge in [0.15, 0.2) is 0 Å². The van der Waals surface area contributed by atoms with Crippen molar-refractivity contribution in [2.24, 2.45) is 0 Å². The molecule has 5 rings (SSSR count). The highest BCUT2D eigenvalue weighted by atomic mass is 16.7. The third-order valence-electron chi connectivity index (χ3n) is 12.4. The van der Waals surface area contributed by atoms with E-state index in [2.05, 4.69) is 130 Å². The van der Waals surface area contributed by atoms with Crippen LogP contribution in [0.25, 0.3) is 11.1 Å². The zero-order chi connectivity index (χ0) is 35.8. The van der Waals surface area contributed by atoms with E-state index >= 15 is 0 Å². The first-order chi connectivity index (χ1) is 22.9. The molecule has 2 heterocycles. The van der Waals surface area contributed by atoms with Gasteiger partial charge in [0.2, 0.25) is 0 Å². The molecule has 2 aliphatic heterocycles. The molecule has 270 valence electrons. The van der Waals surface area contributed by atoms with E-state index in [1.165, 1.54) is 73.6 Å². The standard InChI is InChI=1S/C41H66B2N2O4/c1-37(2)38(3,4)47-42(46-37)31-21-23-33-34-24-22-32(43-48-39(5,6)40(7,8)49-43)30-36(34)41(35(33)29-31,25-17-13-15-19-27-44(9)10)26-18-14-16-20-28-45(11)12/h21-24,29-30H,13-20,25-28H2,1-12H3. The maximum Gasteiger partial charge on any atom is 0.494 e. The summed E-state index contributed by atoms with van der Waals surface area (Å²) in [4.78, 5) is 4.60. The van der Waals surface area contributed by atoms with Crippen LogP contribution in [-0.2, 0) is 24.0 Å². The van der Waals surface area contributed by atoms with E-state index in [9.17, 15) is 0 Å².